The summed E-state index contributed by atoms with van der Waals surface area (Å²) >= 11 is 0. The summed E-state index contributed by atoms with van der Waals surface area (Å²) in [5, 5.41) is 3.28. The summed E-state index contributed by atoms with van der Waals surface area (Å²) in [6, 6.07) is 2.06. The van der Waals surface area contributed by atoms with Crippen LogP contribution in [-0.4, -0.2) is 30.9 Å². The van der Waals surface area contributed by atoms with Gasteiger partial charge in [0.1, 0.15) is 0 Å². The van der Waals surface area contributed by atoms with E-state index in [1.54, 1.807) is 6.20 Å². The fraction of sp³-hybridized carbons (Fsp3) is 0.545. The predicted octanol–water partition coefficient (Wildman–Crippen LogP) is 0.667. The molecule has 0 bridgehead atoms. The summed E-state index contributed by atoms with van der Waals surface area (Å²) in [5.74, 6) is 0.586. The van der Waals surface area contributed by atoms with Crippen LogP contribution in [0, 0.1) is 6.92 Å². The number of hydrogen-bond donors (Lipinski definition) is 1. The number of aromatic nitrogens is 1. The van der Waals surface area contributed by atoms with Crippen LogP contribution in [-0.2, 0) is 16.4 Å². The Labute approximate surface area is 96.0 Å². The zero-order chi connectivity index (χ0) is 11.6. The lowest BCUT2D eigenvalue weighted by Gasteiger charge is -2.11. The molecule has 4 nitrogen and oxygen atoms in total. The number of sulfone groups is 1. The lowest BCUT2D eigenvalue weighted by atomic mass is 10.1. The van der Waals surface area contributed by atoms with Gasteiger partial charge >= 0.3 is 0 Å². The smallest absolute Gasteiger partial charge is 0.151 e. The van der Waals surface area contributed by atoms with E-state index in [1.165, 1.54) is 5.56 Å². The van der Waals surface area contributed by atoms with Crippen LogP contribution >= 0.6 is 0 Å². The lowest BCUT2D eigenvalue weighted by molar-refractivity contribution is 0.552. The Morgan fingerprint density at radius 3 is 3.00 bits per heavy atom. The minimum absolute atomic E-state index is 0.101. The van der Waals surface area contributed by atoms with Crippen LogP contribution in [0.2, 0.25) is 0 Å². The van der Waals surface area contributed by atoms with Gasteiger partial charge in [-0.25, -0.2) is 8.42 Å². The monoisotopic (exact) mass is 240 g/mol. The van der Waals surface area contributed by atoms with Crippen molar-refractivity contribution in [1.82, 2.24) is 10.3 Å². The first-order valence-corrected chi connectivity index (χ1v) is 7.22. The van der Waals surface area contributed by atoms with Gasteiger partial charge in [0.25, 0.3) is 0 Å². The maximum Gasteiger partial charge on any atom is 0.151 e. The molecule has 1 saturated heterocycles. The molecule has 0 amide bonds. The molecule has 1 aliphatic heterocycles. The molecule has 0 spiro atoms. The molecule has 1 aromatic heterocycles. The lowest BCUT2D eigenvalue weighted by Crippen LogP contribution is -2.29. The van der Waals surface area contributed by atoms with Gasteiger partial charge in [-0.3, -0.25) is 4.98 Å². The average Bonchev–Trinajstić information content (AvgIpc) is 2.57. The molecule has 1 atom stereocenters. The number of aryl methyl sites for hydroxylation is 1. The minimum atomic E-state index is -2.79. The van der Waals surface area contributed by atoms with Crippen LogP contribution in [0.5, 0.6) is 0 Å². The van der Waals surface area contributed by atoms with Crippen molar-refractivity contribution in [3.05, 3.63) is 29.6 Å². The molecule has 0 radical (unpaired) electrons. The van der Waals surface area contributed by atoms with Gasteiger partial charge in [-0.15, -0.1) is 0 Å². The standard InChI is InChI=1S/C11H16N2O2S/c1-9-2-4-12-6-10(9)7-13-11-3-5-16(14,15)8-11/h2,4,6,11,13H,3,5,7-8H2,1H3. The number of pyridine rings is 1. The highest BCUT2D eigenvalue weighted by molar-refractivity contribution is 7.91. The summed E-state index contributed by atoms with van der Waals surface area (Å²) in [5.41, 5.74) is 2.31. The second-order valence-corrected chi connectivity index (χ2v) is 6.51. The third-order valence-corrected chi connectivity index (χ3v) is 4.73. The van der Waals surface area contributed by atoms with E-state index in [2.05, 4.69) is 10.3 Å². The molecule has 0 aliphatic carbocycles. The van der Waals surface area contributed by atoms with Gasteiger partial charge in [0.15, 0.2) is 9.84 Å². The van der Waals surface area contributed by atoms with E-state index in [1.807, 2.05) is 19.2 Å². The van der Waals surface area contributed by atoms with Gasteiger partial charge in [0.2, 0.25) is 0 Å². The first-order valence-electron chi connectivity index (χ1n) is 5.40. The predicted molar refractivity (Wildman–Crippen MR) is 62.9 cm³/mol. The van der Waals surface area contributed by atoms with Gasteiger partial charge in [0, 0.05) is 25.0 Å². The number of rotatable bonds is 3. The number of hydrogen-bond acceptors (Lipinski definition) is 4. The fourth-order valence-electron chi connectivity index (χ4n) is 1.89. The Kier molecular flexibility index (Phi) is 3.25. The maximum atomic E-state index is 11.3. The quantitative estimate of drug-likeness (QED) is 0.843. The Hall–Kier alpha value is -0.940. The van der Waals surface area contributed by atoms with Gasteiger partial charge in [-0.05, 0) is 30.5 Å². The van der Waals surface area contributed by atoms with Crippen molar-refractivity contribution in [2.75, 3.05) is 11.5 Å². The molecule has 2 heterocycles. The van der Waals surface area contributed by atoms with Crippen molar-refractivity contribution in [3.8, 4) is 0 Å². The number of nitrogens with zero attached hydrogens (tertiary/aromatic N) is 1. The average molecular weight is 240 g/mol. The van der Waals surface area contributed by atoms with Crippen LogP contribution in [0.25, 0.3) is 0 Å². The second kappa shape index (κ2) is 4.51. The zero-order valence-electron chi connectivity index (χ0n) is 9.31. The first-order chi connectivity index (χ1) is 7.57. The van der Waals surface area contributed by atoms with E-state index in [4.69, 9.17) is 0 Å². The summed E-state index contributed by atoms with van der Waals surface area (Å²) in [6.45, 7) is 2.73. The van der Waals surface area contributed by atoms with Crippen molar-refractivity contribution in [1.29, 1.82) is 0 Å². The molecule has 0 saturated carbocycles. The van der Waals surface area contributed by atoms with E-state index in [0.29, 0.717) is 12.3 Å². The Balaban J connectivity index is 1.92. The summed E-state index contributed by atoms with van der Waals surface area (Å²) in [4.78, 5) is 4.06. The van der Waals surface area contributed by atoms with Crippen molar-refractivity contribution in [2.45, 2.75) is 25.9 Å². The van der Waals surface area contributed by atoms with Crippen LogP contribution in [0.1, 0.15) is 17.5 Å². The van der Waals surface area contributed by atoms with Crippen LogP contribution in [0.15, 0.2) is 18.5 Å². The first kappa shape index (κ1) is 11.5. The molecule has 1 aliphatic rings. The van der Waals surface area contributed by atoms with Gasteiger partial charge in [0.05, 0.1) is 11.5 Å². The molecule has 1 N–H and O–H groups in total. The molecule has 2 rings (SSSR count). The molecule has 1 fully saturated rings. The van der Waals surface area contributed by atoms with Crippen LogP contribution in [0.4, 0.5) is 0 Å². The van der Waals surface area contributed by atoms with Crippen LogP contribution in [0.3, 0.4) is 0 Å². The normalized spacial score (nSPS) is 23.4. The molecule has 88 valence electrons. The van der Waals surface area contributed by atoms with E-state index in [-0.39, 0.29) is 11.8 Å². The summed E-state index contributed by atoms with van der Waals surface area (Å²) < 4.78 is 22.5. The fourth-order valence-corrected chi connectivity index (χ4v) is 3.60. The third-order valence-electron chi connectivity index (χ3n) is 2.96. The number of nitrogens with one attached hydrogen (secondary N) is 1. The van der Waals surface area contributed by atoms with Gasteiger partial charge in [-0.2, -0.15) is 0 Å². The highest BCUT2D eigenvalue weighted by Gasteiger charge is 2.27. The minimum Gasteiger partial charge on any atom is -0.309 e. The van der Waals surface area contributed by atoms with Crippen molar-refractivity contribution in [3.63, 3.8) is 0 Å². The Bertz CT molecular complexity index is 471. The molecule has 1 aromatic rings. The maximum absolute atomic E-state index is 11.3. The molecule has 5 heteroatoms. The van der Waals surface area contributed by atoms with E-state index >= 15 is 0 Å². The topological polar surface area (TPSA) is 59.1 Å². The van der Waals surface area contributed by atoms with Gasteiger partial charge in [-0.1, -0.05) is 0 Å². The molecule has 16 heavy (non-hydrogen) atoms. The molecule has 0 aromatic carbocycles. The zero-order valence-corrected chi connectivity index (χ0v) is 10.1. The summed E-state index contributed by atoms with van der Waals surface area (Å²) in [7, 11) is -2.79. The van der Waals surface area contributed by atoms with Crippen molar-refractivity contribution >= 4 is 9.84 Å². The third kappa shape index (κ3) is 2.80. The van der Waals surface area contributed by atoms with Crippen molar-refractivity contribution < 1.29 is 8.42 Å². The van der Waals surface area contributed by atoms with E-state index in [0.717, 1.165) is 12.0 Å². The largest absolute Gasteiger partial charge is 0.309 e. The highest BCUT2D eigenvalue weighted by Crippen LogP contribution is 2.12. The molecule has 1 unspecified atom stereocenters. The summed E-state index contributed by atoms with van der Waals surface area (Å²) in [6.07, 6.45) is 4.31. The second-order valence-electron chi connectivity index (χ2n) is 4.28. The molecular weight excluding hydrogens is 224 g/mol. The molecular formula is C11H16N2O2S. The van der Waals surface area contributed by atoms with Gasteiger partial charge < -0.3 is 5.32 Å². The highest BCUT2D eigenvalue weighted by atomic mass is 32.2. The van der Waals surface area contributed by atoms with E-state index in [9.17, 15) is 8.42 Å². The van der Waals surface area contributed by atoms with Crippen molar-refractivity contribution in [2.24, 2.45) is 0 Å². The van der Waals surface area contributed by atoms with E-state index < -0.39 is 9.84 Å². The SMILES string of the molecule is Cc1ccncc1CNC1CCS(=O)(=O)C1. The Morgan fingerprint density at radius 2 is 2.38 bits per heavy atom. The Morgan fingerprint density at radius 1 is 1.56 bits per heavy atom. The van der Waals surface area contributed by atoms with Crippen LogP contribution < -0.4 is 5.32 Å².